The van der Waals surface area contributed by atoms with E-state index in [4.69, 9.17) is 9.47 Å². The van der Waals surface area contributed by atoms with Gasteiger partial charge in [0.1, 0.15) is 11.5 Å². The maximum Gasteiger partial charge on any atom is 1.00 e. The zero-order valence-corrected chi connectivity index (χ0v) is 13.4. The standard InChI is InChI=1S/C8H9BO4.2Na/c1-12-6-3-4-8(13-2)7(5-6)9(10)11;;/h3-5H,1-2H3;;/q-2;2*+1. The zero-order chi connectivity index (χ0) is 9.84. The average molecular weight is 226 g/mol. The number of hydrogen-bond acceptors (Lipinski definition) is 4. The molecule has 0 spiro atoms. The number of benzene rings is 1. The van der Waals surface area contributed by atoms with Crippen molar-refractivity contribution >= 4 is 12.6 Å². The van der Waals surface area contributed by atoms with E-state index in [1.54, 1.807) is 6.07 Å². The summed E-state index contributed by atoms with van der Waals surface area (Å²) in [6.45, 7) is 0. The Balaban J connectivity index is 0. The van der Waals surface area contributed by atoms with Crippen LogP contribution in [0.15, 0.2) is 18.2 Å². The molecule has 1 rings (SSSR count). The fourth-order valence-corrected chi connectivity index (χ4v) is 1.02. The molecule has 4 nitrogen and oxygen atoms in total. The smallest absolute Gasteiger partial charge is 0.889 e. The van der Waals surface area contributed by atoms with Crippen molar-refractivity contribution in [3.8, 4) is 11.5 Å². The molecule has 1 aromatic carbocycles. The van der Waals surface area contributed by atoms with Crippen molar-refractivity contribution in [1.29, 1.82) is 0 Å². The second-order valence-electron chi connectivity index (χ2n) is 2.44. The van der Waals surface area contributed by atoms with Crippen LogP contribution in [0, 0.1) is 0 Å². The molecule has 0 saturated heterocycles. The van der Waals surface area contributed by atoms with Crippen molar-refractivity contribution in [2.75, 3.05) is 14.2 Å². The molecule has 0 unspecified atom stereocenters. The molecule has 0 N–H and O–H groups in total. The maximum absolute atomic E-state index is 10.7. The van der Waals surface area contributed by atoms with Gasteiger partial charge in [-0.3, -0.25) is 0 Å². The van der Waals surface area contributed by atoms with Gasteiger partial charge in [0.15, 0.2) is 0 Å². The second-order valence-corrected chi connectivity index (χ2v) is 2.44. The SMILES string of the molecule is COc1ccc(OC)c(B([O-])[O-])c1.[Na+].[Na+]. The summed E-state index contributed by atoms with van der Waals surface area (Å²) in [5.74, 6) is 0.781. The Kier molecular flexibility index (Phi) is 10.8. The second kappa shape index (κ2) is 8.90. The van der Waals surface area contributed by atoms with Gasteiger partial charge in [-0.2, -0.15) is 0 Å². The Labute approximate surface area is 134 Å². The van der Waals surface area contributed by atoms with Crippen molar-refractivity contribution in [3.63, 3.8) is 0 Å². The first-order valence-corrected chi connectivity index (χ1v) is 3.72. The van der Waals surface area contributed by atoms with Crippen molar-refractivity contribution in [2.45, 2.75) is 0 Å². The predicted octanol–water partition coefficient (Wildman–Crippen LogP) is -7.87. The van der Waals surface area contributed by atoms with Gasteiger partial charge in [-0.15, -0.1) is 0 Å². The molecule has 0 aliphatic heterocycles. The molecule has 0 aliphatic rings. The Morgan fingerprint density at radius 2 is 1.67 bits per heavy atom. The molecule has 0 bridgehead atoms. The Morgan fingerprint density at radius 1 is 1.07 bits per heavy atom. The van der Waals surface area contributed by atoms with E-state index in [1.807, 2.05) is 0 Å². The maximum atomic E-state index is 10.7. The van der Waals surface area contributed by atoms with Crippen LogP contribution in [0.1, 0.15) is 0 Å². The van der Waals surface area contributed by atoms with Crippen LogP contribution in [0.25, 0.3) is 0 Å². The summed E-state index contributed by atoms with van der Waals surface area (Å²) >= 11 is 0. The minimum atomic E-state index is -2.05. The Hall–Kier alpha value is 0.805. The summed E-state index contributed by atoms with van der Waals surface area (Å²) in [6.07, 6.45) is 0. The van der Waals surface area contributed by atoms with Gasteiger partial charge >= 0.3 is 59.1 Å². The number of rotatable bonds is 3. The third-order valence-electron chi connectivity index (χ3n) is 1.69. The largest absolute Gasteiger partial charge is 1.00 e. The number of methoxy groups -OCH3 is 2. The molecule has 0 aromatic heterocycles. The molecule has 0 atom stereocenters. The molecule has 1 aromatic rings. The Bertz CT molecular complexity index is 296. The molecule has 0 saturated carbocycles. The van der Waals surface area contributed by atoms with Crippen LogP contribution in [-0.2, 0) is 0 Å². The topological polar surface area (TPSA) is 64.6 Å². The van der Waals surface area contributed by atoms with E-state index < -0.39 is 7.12 Å². The summed E-state index contributed by atoms with van der Waals surface area (Å²) in [4.78, 5) is 0. The minimum absolute atomic E-state index is 0. The fourth-order valence-electron chi connectivity index (χ4n) is 1.02. The van der Waals surface area contributed by atoms with E-state index in [0.29, 0.717) is 11.5 Å². The minimum Gasteiger partial charge on any atom is -0.889 e. The van der Waals surface area contributed by atoms with Gasteiger partial charge in [0.05, 0.1) is 14.2 Å². The summed E-state index contributed by atoms with van der Waals surface area (Å²) in [6, 6.07) is 4.56. The van der Waals surface area contributed by atoms with Gasteiger partial charge in [-0.25, -0.2) is 0 Å². The van der Waals surface area contributed by atoms with E-state index in [9.17, 15) is 10.0 Å². The van der Waals surface area contributed by atoms with Crippen molar-refractivity contribution < 1.29 is 78.6 Å². The van der Waals surface area contributed by atoms with E-state index in [1.165, 1.54) is 26.4 Å². The van der Waals surface area contributed by atoms with E-state index in [-0.39, 0.29) is 64.6 Å². The molecule has 0 heterocycles. The molecule has 15 heavy (non-hydrogen) atoms. The summed E-state index contributed by atoms with van der Waals surface area (Å²) in [5, 5.41) is 21.4. The number of hydrogen-bond donors (Lipinski definition) is 0. The first-order valence-electron chi connectivity index (χ1n) is 3.72. The van der Waals surface area contributed by atoms with Crippen LogP contribution in [0.3, 0.4) is 0 Å². The first-order chi connectivity index (χ1) is 6.19. The Morgan fingerprint density at radius 3 is 2.07 bits per heavy atom. The van der Waals surface area contributed by atoms with E-state index in [0.717, 1.165) is 0 Å². The van der Waals surface area contributed by atoms with Crippen LogP contribution in [0.4, 0.5) is 0 Å². The van der Waals surface area contributed by atoms with Gasteiger partial charge in [0.2, 0.25) is 0 Å². The van der Waals surface area contributed by atoms with Crippen LogP contribution in [0.5, 0.6) is 11.5 Å². The third kappa shape index (κ3) is 5.11. The summed E-state index contributed by atoms with van der Waals surface area (Å²) in [7, 11) is 0.828. The summed E-state index contributed by atoms with van der Waals surface area (Å²) in [5.41, 5.74) is 0.0712. The van der Waals surface area contributed by atoms with Crippen molar-refractivity contribution in [2.24, 2.45) is 0 Å². The van der Waals surface area contributed by atoms with Gasteiger partial charge in [-0.1, -0.05) is 12.6 Å². The monoisotopic (exact) mass is 226 g/mol. The van der Waals surface area contributed by atoms with Gasteiger partial charge in [0, 0.05) is 0 Å². The first kappa shape index (κ1) is 18.2. The molecule has 0 aliphatic carbocycles. The van der Waals surface area contributed by atoms with Crippen LogP contribution in [-0.4, -0.2) is 21.3 Å². The van der Waals surface area contributed by atoms with Gasteiger partial charge in [-0.05, 0) is 18.2 Å². The molecule has 70 valence electrons. The average Bonchev–Trinajstić information content (AvgIpc) is 2.16. The molecule has 0 radical (unpaired) electrons. The molecule has 0 fully saturated rings. The molecule has 7 heteroatoms. The summed E-state index contributed by atoms with van der Waals surface area (Å²) < 4.78 is 9.72. The van der Waals surface area contributed by atoms with E-state index in [2.05, 4.69) is 0 Å². The zero-order valence-electron chi connectivity index (χ0n) is 9.44. The van der Waals surface area contributed by atoms with Gasteiger partial charge < -0.3 is 19.5 Å². The van der Waals surface area contributed by atoms with Crippen LogP contribution >= 0.6 is 0 Å². The molecular weight excluding hydrogens is 217 g/mol. The molecule has 0 amide bonds. The van der Waals surface area contributed by atoms with Crippen LogP contribution in [0.2, 0.25) is 0 Å². The van der Waals surface area contributed by atoms with Crippen molar-refractivity contribution in [3.05, 3.63) is 18.2 Å². The number of ether oxygens (including phenoxy) is 2. The predicted molar refractivity (Wildman–Crippen MR) is 44.9 cm³/mol. The van der Waals surface area contributed by atoms with Crippen LogP contribution < -0.4 is 84.1 Å². The molecular formula is C8H9BNa2O4. The normalized spacial score (nSPS) is 8.27. The van der Waals surface area contributed by atoms with Crippen molar-refractivity contribution in [1.82, 2.24) is 0 Å². The van der Waals surface area contributed by atoms with E-state index >= 15 is 0 Å². The third-order valence-corrected chi connectivity index (χ3v) is 1.69. The van der Waals surface area contributed by atoms with Gasteiger partial charge in [0.25, 0.3) is 0 Å². The fraction of sp³-hybridized carbons (Fsp3) is 0.250. The quantitative estimate of drug-likeness (QED) is 0.480.